The summed E-state index contributed by atoms with van der Waals surface area (Å²) in [5, 5.41) is 3.16. The monoisotopic (exact) mass is 237 g/mol. The molecule has 2 atom stereocenters. The van der Waals surface area contributed by atoms with Crippen LogP contribution in [0.2, 0.25) is 0 Å². The number of carbonyl (C=O) groups is 1. The van der Waals surface area contributed by atoms with Crippen molar-refractivity contribution in [3.05, 3.63) is 24.3 Å². The first-order chi connectivity index (χ1) is 8.22. The van der Waals surface area contributed by atoms with E-state index < -0.39 is 0 Å². The molecule has 1 fully saturated rings. The Bertz CT molecular complexity index is 337. The van der Waals surface area contributed by atoms with Crippen LogP contribution in [0.4, 0.5) is 0 Å². The van der Waals surface area contributed by atoms with Gasteiger partial charge in [-0.2, -0.15) is 5.48 Å². The fourth-order valence-electron chi connectivity index (χ4n) is 2.09. The van der Waals surface area contributed by atoms with Gasteiger partial charge in [0.15, 0.2) is 0 Å². The van der Waals surface area contributed by atoms with Gasteiger partial charge in [0.2, 0.25) is 5.91 Å². The highest BCUT2D eigenvalue weighted by Crippen LogP contribution is 2.39. The second kappa shape index (κ2) is 5.44. The Hall–Kier alpha value is -1.17. The van der Waals surface area contributed by atoms with Gasteiger partial charge in [-0.15, -0.1) is 6.58 Å². The summed E-state index contributed by atoms with van der Waals surface area (Å²) in [7, 11) is 0. The molecule has 4 N–H and O–H groups in total. The van der Waals surface area contributed by atoms with E-state index in [1.165, 1.54) is 0 Å². The molecule has 0 bridgehead atoms. The highest BCUT2D eigenvalue weighted by molar-refractivity contribution is 5.83. The third-order valence-electron chi connectivity index (χ3n) is 3.04. The van der Waals surface area contributed by atoms with Crippen LogP contribution >= 0.6 is 0 Å². The van der Waals surface area contributed by atoms with E-state index in [-0.39, 0.29) is 18.0 Å². The number of amides is 1. The van der Waals surface area contributed by atoms with Crippen molar-refractivity contribution >= 4 is 5.91 Å². The van der Waals surface area contributed by atoms with Crippen molar-refractivity contribution in [2.75, 3.05) is 13.2 Å². The van der Waals surface area contributed by atoms with Crippen molar-refractivity contribution < 1.29 is 9.63 Å². The fourth-order valence-corrected chi connectivity index (χ4v) is 2.09. The lowest BCUT2D eigenvalue weighted by Crippen LogP contribution is -2.52. The van der Waals surface area contributed by atoms with E-state index in [0.717, 1.165) is 18.4 Å². The molecule has 0 aromatic carbocycles. The summed E-state index contributed by atoms with van der Waals surface area (Å²) >= 11 is 0. The molecule has 1 heterocycles. The van der Waals surface area contributed by atoms with Gasteiger partial charge in [0, 0.05) is 6.54 Å². The number of primary amides is 1. The van der Waals surface area contributed by atoms with Crippen molar-refractivity contribution in [1.29, 1.82) is 0 Å². The second-order valence-corrected chi connectivity index (χ2v) is 4.51. The highest BCUT2D eigenvalue weighted by Gasteiger charge is 2.36. The zero-order valence-corrected chi connectivity index (χ0v) is 9.82. The molecule has 0 aromatic heterocycles. The number of rotatable bonds is 6. The fraction of sp³-hybridized carbons (Fsp3) is 0.583. The van der Waals surface area contributed by atoms with Gasteiger partial charge in [-0.3, -0.25) is 9.63 Å². The summed E-state index contributed by atoms with van der Waals surface area (Å²) in [6, 6.07) is -0.221. The predicted molar refractivity (Wildman–Crippen MR) is 64.9 cm³/mol. The minimum Gasteiger partial charge on any atom is -0.368 e. The largest absolute Gasteiger partial charge is 0.368 e. The van der Waals surface area contributed by atoms with Crippen molar-refractivity contribution in [3.63, 3.8) is 0 Å². The molecule has 2 aliphatic rings. The number of hydrogen-bond acceptors (Lipinski definition) is 4. The Balaban J connectivity index is 1.97. The summed E-state index contributed by atoms with van der Waals surface area (Å²) in [4.78, 5) is 16.5. The van der Waals surface area contributed by atoms with Crippen LogP contribution in [0.25, 0.3) is 0 Å². The van der Waals surface area contributed by atoms with E-state index in [1.807, 2.05) is 0 Å². The van der Waals surface area contributed by atoms with E-state index in [9.17, 15) is 4.79 Å². The van der Waals surface area contributed by atoms with Gasteiger partial charge in [0.05, 0.1) is 12.6 Å². The molecule has 94 valence electrons. The van der Waals surface area contributed by atoms with Gasteiger partial charge in [0.1, 0.15) is 6.04 Å². The minimum atomic E-state index is -0.306. The molecule has 2 rings (SSSR count). The summed E-state index contributed by atoms with van der Waals surface area (Å²) < 4.78 is 0. The third-order valence-corrected chi connectivity index (χ3v) is 3.04. The molecule has 5 heteroatoms. The van der Waals surface area contributed by atoms with Crippen LogP contribution in [0.3, 0.4) is 0 Å². The molecular formula is C12H19N3O2. The molecule has 0 saturated heterocycles. The lowest BCUT2D eigenvalue weighted by Gasteiger charge is -2.28. The zero-order valence-electron chi connectivity index (χ0n) is 9.82. The third kappa shape index (κ3) is 3.15. The zero-order chi connectivity index (χ0) is 12.3. The molecule has 0 aromatic rings. The van der Waals surface area contributed by atoms with Crippen LogP contribution in [0.15, 0.2) is 24.3 Å². The van der Waals surface area contributed by atoms with Crippen LogP contribution in [-0.4, -0.2) is 31.1 Å². The van der Waals surface area contributed by atoms with Gasteiger partial charge in [-0.25, -0.2) is 0 Å². The van der Waals surface area contributed by atoms with Crippen LogP contribution in [-0.2, 0) is 9.63 Å². The van der Waals surface area contributed by atoms with Gasteiger partial charge in [0.25, 0.3) is 0 Å². The average Bonchev–Trinajstić information content (AvgIpc) is 3.13. The van der Waals surface area contributed by atoms with Crippen molar-refractivity contribution in [2.45, 2.75) is 24.9 Å². The number of nitrogens with one attached hydrogen (secondary N) is 2. The molecule has 1 aliphatic carbocycles. The van der Waals surface area contributed by atoms with Gasteiger partial charge in [-0.05, 0) is 24.3 Å². The van der Waals surface area contributed by atoms with Crippen molar-refractivity contribution in [1.82, 2.24) is 10.8 Å². The first kappa shape index (κ1) is 12.3. The van der Waals surface area contributed by atoms with E-state index in [1.54, 1.807) is 6.08 Å². The summed E-state index contributed by atoms with van der Waals surface area (Å²) in [6.45, 7) is 4.68. The maximum atomic E-state index is 11.3. The molecule has 0 radical (unpaired) electrons. The topological polar surface area (TPSA) is 76.4 Å². The Morgan fingerprint density at radius 1 is 1.71 bits per heavy atom. The standard InChI is InChI=1S/C12H19N3O2/c1-2-5-17-15-9-6-10(8-3-4-8)11(12(13)16)14-7-9/h2,6,8-9,11,14-15H,1,3-5,7H2,(H2,13,16). The maximum absolute atomic E-state index is 11.3. The summed E-state index contributed by atoms with van der Waals surface area (Å²) in [5.41, 5.74) is 9.43. The van der Waals surface area contributed by atoms with Crippen molar-refractivity contribution in [2.24, 2.45) is 11.7 Å². The molecule has 1 aliphatic heterocycles. The number of nitrogens with two attached hydrogens (primary N) is 1. The summed E-state index contributed by atoms with van der Waals surface area (Å²) in [5.74, 6) is 0.220. The Kier molecular flexibility index (Phi) is 3.93. The summed E-state index contributed by atoms with van der Waals surface area (Å²) in [6.07, 6.45) is 6.06. The maximum Gasteiger partial charge on any atom is 0.238 e. The van der Waals surface area contributed by atoms with E-state index in [0.29, 0.717) is 19.1 Å². The lowest BCUT2D eigenvalue weighted by molar-refractivity contribution is -0.119. The molecule has 5 nitrogen and oxygen atoms in total. The second-order valence-electron chi connectivity index (χ2n) is 4.51. The molecule has 1 amide bonds. The van der Waals surface area contributed by atoms with Crippen LogP contribution in [0, 0.1) is 5.92 Å². The number of carbonyl (C=O) groups excluding carboxylic acids is 1. The SMILES string of the molecule is C=CCONC1C=C(C2CC2)C(C(N)=O)NC1. The normalized spacial score (nSPS) is 28.6. The quantitative estimate of drug-likeness (QED) is 0.341. The van der Waals surface area contributed by atoms with Crippen LogP contribution in [0.1, 0.15) is 12.8 Å². The Morgan fingerprint density at radius 2 is 2.47 bits per heavy atom. The van der Waals surface area contributed by atoms with Crippen LogP contribution in [0.5, 0.6) is 0 Å². The average molecular weight is 237 g/mol. The first-order valence-corrected chi connectivity index (χ1v) is 5.95. The predicted octanol–water partition coefficient (Wildman–Crippen LogP) is -0.144. The van der Waals surface area contributed by atoms with E-state index in [2.05, 4.69) is 23.5 Å². The van der Waals surface area contributed by atoms with Gasteiger partial charge < -0.3 is 11.1 Å². The molecule has 17 heavy (non-hydrogen) atoms. The molecule has 0 spiro atoms. The number of hydroxylamine groups is 1. The van der Waals surface area contributed by atoms with E-state index >= 15 is 0 Å². The smallest absolute Gasteiger partial charge is 0.238 e. The molecular weight excluding hydrogens is 218 g/mol. The first-order valence-electron chi connectivity index (χ1n) is 5.95. The van der Waals surface area contributed by atoms with Gasteiger partial charge in [-0.1, -0.05) is 12.2 Å². The Morgan fingerprint density at radius 3 is 3.06 bits per heavy atom. The number of hydrogen-bond donors (Lipinski definition) is 3. The lowest BCUT2D eigenvalue weighted by atomic mass is 9.95. The van der Waals surface area contributed by atoms with E-state index in [4.69, 9.17) is 10.6 Å². The minimum absolute atomic E-state index is 0.0844. The Labute approximate surface area is 101 Å². The molecule has 1 saturated carbocycles. The van der Waals surface area contributed by atoms with Crippen molar-refractivity contribution in [3.8, 4) is 0 Å². The van der Waals surface area contributed by atoms with Crippen LogP contribution < -0.4 is 16.5 Å². The molecule has 2 unspecified atom stereocenters. The highest BCUT2D eigenvalue weighted by atomic mass is 16.6. The van der Waals surface area contributed by atoms with Gasteiger partial charge >= 0.3 is 0 Å².